The molecule has 0 nitrogen and oxygen atoms in total. The fourth-order valence-electron chi connectivity index (χ4n) is 6.30. The fourth-order valence-corrected chi connectivity index (χ4v) is 8.99. The first-order chi connectivity index (χ1) is 17.8. The van der Waals surface area contributed by atoms with Crippen LogP contribution in [0.4, 0.5) is 0 Å². The van der Waals surface area contributed by atoms with Gasteiger partial charge in [0.15, 0.2) is 0 Å². The average molecular weight is 497 g/mol. The van der Waals surface area contributed by atoms with Crippen LogP contribution in [-0.2, 0) is 12.8 Å². The maximum absolute atomic E-state index is 2.57. The second kappa shape index (κ2) is 8.85. The van der Waals surface area contributed by atoms with Crippen molar-refractivity contribution in [3.63, 3.8) is 0 Å². The highest BCUT2D eigenvalue weighted by Gasteiger charge is 2.36. The quantitative estimate of drug-likeness (QED) is 0.247. The number of rotatable bonds is 4. The van der Waals surface area contributed by atoms with Gasteiger partial charge in [-0.1, -0.05) is 108 Å². The van der Waals surface area contributed by atoms with Crippen LogP contribution in [-0.4, -0.2) is 8.07 Å². The lowest BCUT2D eigenvalue weighted by atomic mass is 9.92. The van der Waals surface area contributed by atoms with E-state index in [-0.39, 0.29) is 0 Å². The van der Waals surface area contributed by atoms with Crippen molar-refractivity contribution < 1.29 is 0 Å². The molecular weight excluding hydrogens is 460 g/mol. The van der Waals surface area contributed by atoms with Crippen molar-refractivity contribution in [3.8, 4) is 22.3 Å². The molecular formula is C36H36Si. The molecule has 4 aromatic rings. The molecule has 2 aliphatic rings. The Kier molecular flexibility index (Phi) is 5.73. The van der Waals surface area contributed by atoms with Crippen molar-refractivity contribution in [1.82, 2.24) is 0 Å². The second-order valence-corrected chi connectivity index (χ2v) is 16.1. The van der Waals surface area contributed by atoms with E-state index in [1.807, 2.05) is 0 Å². The average Bonchev–Trinajstić information content (AvgIpc) is 3.53. The van der Waals surface area contributed by atoms with Crippen LogP contribution >= 0.6 is 0 Å². The highest BCUT2D eigenvalue weighted by Crippen LogP contribution is 2.44. The highest BCUT2D eigenvalue weighted by atomic mass is 28.3. The van der Waals surface area contributed by atoms with E-state index in [9.17, 15) is 0 Å². The van der Waals surface area contributed by atoms with Crippen LogP contribution in [0.3, 0.4) is 0 Å². The Morgan fingerprint density at radius 1 is 0.486 bits per heavy atom. The lowest BCUT2D eigenvalue weighted by Gasteiger charge is -2.26. The van der Waals surface area contributed by atoms with E-state index < -0.39 is 8.07 Å². The summed E-state index contributed by atoms with van der Waals surface area (Å²) in [4.78, 5) is 0. The van der Waals surface area contributed by atoms with Crippen LogP contribution in [0, 0.1) is 27.7 Å². The minimum absolute atomic E-state index is 1.09. The largest absolute Gasteiger partial charge is 0.103 e. The number of hydrogen-bond acceptors (Lipinski definition) is 0. The summed E-state index contributed by atoms with van der Waals surface area (Å²) in [6.45, 7) is 14.1. The molecule has 0 N–H and O–H groups in total. The predicted molar refractivity (Wildman–Crippen MR) is 164 cm³/mol. The summed E-state index contributed by atoms with van der Waals surface area (Å²) in [5.74, 6) is 0. The van der Waals surface area contributed by atoms with Crippen LogP contribution in [0.2, 0.25) is 13.1 Å². The van der Waals surface area contributed by atoms with E-state index in [0.29, 0.717) is 0 Å². The molecule has 0 saturated carbocycles. The maximum Gasteiger partial charge on any atom is 0.103 e. The van der Waals surface area contributed by atoms with Crippen molar-refractivity contribution in [2.45, 2.75) is 53.6 Å². The number of aryl methyl sites for hydroxylation is 2. The topological polar surface area (TPSA) is 0 Å². The monoisotopic (exact) mass is 496 g/mol. The lowest BCUT2D eigenvalue weighted by molar-refractivity contribution is 1.22. The molecule has 0 bridgehead atoms. The standard InChI is InChI=1S/C36H36Si/c1-23-11-7-15-31(25(23)3)33-17-9-13-27-19-29(21-35(27)33)37(5,6)30-20-28-14-10-18-34(36(28)22-30)32-16-8-12-24(2)26(32)4/h7-18,21-22H,19-20H2,1-6H3. The lowest BCUT2D eigenvalue weighted by Crippen LogP contribution is -2.32. The summed E-state index contributed by atoms with van der Waals surface area (Å²) in [7, 11) is -1.81. The Morgan fingerprint density at radius 3 is 1.30 bits per heavy atom. The molecule has 0 amide bonds. The number of hydrogen-bond donors (Lipinski definition) is 0. The van der Waals surface area contributed by atoms with E-state index in [1.54, 1.807) is 10.4 Å². The van der Waals surface area contributed by atoms with Crippen LogP contribution in [0.25, 0.3) is 34.4 Å². The zero-order chi connectivity index (χ0) is 25.9. The predicted octanol–water partition coefficient (Wildman–Crippen LogP) is 9.62. The summed E-state index contributed by atoms with van der Waals surface area (Å²) in [5, 5.41) is 3.32. The first-order valence-electron chi connectivity index (χ1n) is 13.5. The third-order valence-corrected chi connectivity index (χ3v) is 13.0. The van der Waals surface area contributed by atoms with Crippen LogP contribution in [0.15, 0.2) is 83.2 Å². The summed E-state index contributed by atoms with van der Waals surface area (Å²) in [5.41, 5.74) is 16.9. The van der Waals surface area contributed by atoms with Crippen molar-refractivity contribution in [2.75, 3.05) is 0 Å². The molecule has 1 heteroatoms. The van der Waals surface area contributed by atoms with Gasteiger partial charge in [-0.15, -0.1) is 0 Å². The Balaban J connectivity index is 1.40. The molecule has 6 rings (SSSR count). The van der Waals surface area contributed by atoms with Gasteiger partial charge in [-0.05, 0) is 107 Å². The van der Waals surface area contributed by atoms with Gasteiger partial charge in [0.25, 0.3) is 0 Å². The van der Waals surface area contributed by atoms with Gasteiger partial charge in [0, 0.05) is 0 Å². The highest BCUT2D eigenvalue weighted by molar-refractivity contribution is 6.92. The van der Waals surface area contributed by atoms with E-state index >= 15 is 0 Å². The van der Waals surface area contributed by atoms with Crippen LogP contribution in [0.5, 0.6) is 0 Å². The van der Waals surface area contributed by atoms with Crippen molar-refractivity contribution in [1.29, 1.82) is 0 Å². The molecule has 2 aliphatic carbocycles. The normalized spacial score (nSPS) is 14.3. The molecule has 0 aliphatic heterocycles. The second-order valence-electron chi connectivity index (χ2n) is 11.6. The Labute approximate surface area is 223 Å². The van der Waals surface area contributed by atoms with E-state index in [1.165, 1.54) is 66.8 Å². The van der Waals surface area contributed by atoms with E-state index in [2.05, 4.69) is 126 Å². The molecule has 0 heterocycles. The van der Waals surface area contributed by atoms with E-state index in [4.69, 9.17) is 0 Å². The minimum Gasteiger partial charge on any atom is -0.0714 e. The van der Waals surface area contributed by atoms with Gasteiger partial charge in [0.1, 0.15) is 8.07 Å². The molecule has 4 aromatic carbocycles. The zero-order valence-electron chi connectivity index (χ0n) is 23.0. The summed E-state index contributed by atoms with van der Waals surface area (Å²) < 4.78 is 0. The summed E-state index contributed by atoms with van der Waals surface area (Å²) in [6.07, 6.45) is 7.30. The zero-order valence-corrected chi connectivity index (χ0v) is 24.0. The molecule has 0 unspecified atom stereocenters. The molecule has 0 atom stereocenters. The van der Waals surface area contributed by atoms with Gasteiger partial charge in [-0.3, -0.25) is 0 Å². The smallest absolute Gasteiger partial charge is 0.0714 e. The van der Waals surface area contributed by atoms with Gasteiger partial charge in [0.05, 0.1) is 0 Å². The molecule has 0 fully saturated rings. The van der Waals surface area contributed by atoms with Gasteiger partial charge in [-0.2, -0.15) is 0 Å². The Morgan fingerprint density at radius 2 is 0.865 bits per heavy atom. The molecule has 184 valence electrons. The fraction of sp³-hybridized carbons (Fsp3) is 0.222. The SMILES string of the molecule is Cc1cccc(-c2cccc3c2C=C([Si](C)(C)C2=Cc4c(cccc4-c4cccc(C)c4C)C2)C3)c1C. The summed E-state index contributed by atoms with van der Waals surface area (Å²) >= 11 is 0. The number of allylic oxidation sites excluding steroid dienone is 2. The summed E-state index contributed by atoms with van der Waals surface area (Å²) in [6, 6.07) is 27.2. The maximum atomic E-state index is 2.57. The van der Waals surface area contributed by atoms with Crippen molar-refractivity contribution in [3.05, 3.63) is 128 Å². The number of fused-ring (bicyclic) bond motifs is 2. The van der Waals surface area contributed by atoms with Gasteiger partial charge in [0.2, 0.25) is 0 Å². The van der Waals surface area contributed by atoms with Gasteiger partial charge in [-0.25, -0.2) is 0 Å². The third kappa shape index (κ3) is 3.88. The van der Waals surface area contributed by atoms with Crippen LogP contribution in [0.1, 0.15) is 44.5 Å². The van der Waals surface area contributed by atoms with Crippen molar-refractivity contribution in [2.24, 2.45) is 0 Å². The molecule has 37 heavy (non-hydrogen) atoms. The first-order valence-corrected chi connectivity index (χ1v) is 16.5. The first kappa shape index (κ1) is 23.9. The Hall–Kier alpha value is -3.42. The molecule has 0 radical (unpaired) electrons. The van der Waals surface area contributed by atoms with Gasteiger partial charge < -0.3 is 0 Å². The molecule has 0 spiro atoms. The third-order valence-electron chi connectivity index (χ3n) is 9.19. The van der Waals surface area contributed by atoms with Gasteiger partial charge >= 0.3 is 0 Å². The van der Waals surface area contributed by atoms with Crippen LogP contribution < -0.4 is 0 Å². The molecule has 0 saturated heterocycles. The molecule has 0 aromatic heterocycles. The number of benzene rings is 4. The minimum atomic E-state index is -1.81. The van der Waals surface area contributed by atoms with Crippen molar-refractivity contribution >= 4 is 20.2 Å². The van der Waals surface area contributed by atoms with E-state index in [0.717, 1.165) is 12.8 Å². The Bertz CT molecular complexity index is 1510.